The van der Waals surface area contributed by atoms with Crippen molar-refractivity contribution in [2.45, 2.75) is 31.7 Å². The molecule has 1 amide bonds. The summed E-state index contributed by atoms with van der Waals surface area (Å²) in [6, 6.07) is -0.431. The zero-order chi connectivity index (χ0) is 14.0. The van der Waals surface area contributed by atoms with Crippen LogP contribution >= 0.6 is 0 Å². The Balaban J connectivity index is 2.17. The Hall–Kier alpha value is -2.02. The van der Waals surface area contributed by atoms with Crippen molar-refractivity contribution >= 4 is 5.91 Å². The highest BCUT2D eigenvalue weighted by atomic mass is 16.5. The molecule has 8 heteroatoms. The van der Waals surface area contributed by atoms with Crippen molar-refractivity contribution in [3.05, 3.63) is 34.6 Å². The first-order valence-corrected chi connectivity index (χ1v) is 5.84. The van der Waals surface area contributed by atoms with Crippen molar-refractivity contribution in [1.82, 2.24) is 10.2 Å². The van der Waals surface area contributed by atoms with E-state index in [4.69, 9.17) is 10.3 Å². The SMILES string of the molecule is C=C1NC(=O)C(C)=CN1[C@H]1C[C@@H](N=[N+]=[N-])[C@@H](CO)O1. The van der Waals surface area contributed by atoms with Gasteiger partial charge >= 0.3 is 0 Å². The molecule has 0 saturated carbocycles. The second kappa shape index (κ2) is 5.31. The van der Waals surface area contributed by atoms with Gasteiger partial charge < -0.3 is 20.1 Å². The van der Waals surface area contributed by atoms with Crippen LogP contribution in [0.4, 0.5) is 0 Å². The smallest absolute Gasteiger partial charge is 0.253 e. The summed E-state index contributed by atoms with van der Waals surface area (Å²) >= 11 is 0. The summed E-state index contributed by atoms with van der Waals surface area (Å²) in [7, 11) is 0. The summed E-state index contributed by atoms with van der Waals surface area (Å²) in [5.41, 5.74) is 9.02. The lowest BCUT2D eigenvalue weighted by atomic mass is 10.1. The van der Waals surface area contributed by atoms with Gasteiger partial charge in [-0.25, -0.2) is 0 Å². The number of amides is 1. The molecule has 102 valence electrons. The van der Waals surface area contributed by atoms with E-state index in [2.05, 4.69) is 21.9 Å². The zero-order valence-electron chi connectivity index (χ0n) is 10.5. The largest absolute Gasteiger partial charge is 0.394 e. The second-order valence-electron chi connectivity index (χ2n) is 4.44. The van der Waals surface area contributed by atoms with Gasteiger partial charge in [-0.2, -0.15) is 0 Å². The number of azide groups is 1. The van der Waals surface area contributed by atoms with Crippen LogP contribution in [0.25, 0.3) is 10.4 Å². The monoisotopic (exact) mass is 265 g/mol. The average Bonchev–Trinajstić information content (AvgIpc) is 2.77. The highest BCUT2D eigenvalue weighted by Gasteiger charge is 2.38. The summed E-state index contributed by atoms with van der Waals surface area (Å²) < 4.78 is 5.62. The molecule has 19 heavy (non-hydrogen) atoms. The van der Waals surface area contributed by atoms with Gasteiger partial charge in [-0.3, -0.25) is 4.79 Å². The molecule has 0 radical (unpaired) electrons. The molecule has 3 atom stereocenters. The third kappa shape index (κ3) is 2.55. The highest BCUT2D eigenvalue weighted by Crippen LogP contribution is 2.29. The normalized spacial score (nSPS) is 30.7. The van der Waals surface area contributed by atoms with Crippen molar-refractivity contribution in [2.24, 2.45) is 5.11 Å². The van der Waals surface area contributed by atoms with Gasteiger partial charge in [0.25, 0.3) is 5.91 Å². The van der Waals surface area contributed by atoms with Crippen LogP contribution in [0, 0.1) is 0 Å². The first-order chi connectivity index (χ1) is 9.06. The van der Waals surface area contributed by atoms with Gasteiger partial charge in [0.1, 0.15) is 12.0 Å². The Morgan fingerprint density at radius 2 is 2.53 bits per heavy atom. The molecule has 2 N–H and O–H groups in total. The molecule has 2 rings (SSSR count). The van der Waals surface area contributed by atoms with E-state index >= 15 is 0 Å². The predicted molar refractivity (Wildman–Crippen MR) is 66.2 cm³/mol. The van der Waals surface area contributed by atoms with Crippen LogP contribution in [0.15, 0.2) is 29.3 Å². The van der Waals surface area contributed by atoms with Crippen LogP contribution in [-0.4, -0.2) is 40.9 Å². The van der Waals surface area contributed by atoms with E-state index in [1.807, 2.05) is 0 Å². The molecule has 0 aromatic rings. The van der Waals surface area contributed by atoms with E-state index in [1.54, 1.807) is 18.0 Å². The highest BCUT2D eigenvalue weighted by molar-refractivity contribution is 5.94. The molecule has 0 aromatic carbocycles. The fourth-order valence-electron chi connectivity index (χ4n) is 2.13. The van der Waals surface area contributed by atoms with Crippen molar-refractivity contribution < 1.29 is 14.6 Å². The summed E-state index contributed by atoms with van der Waals surface area (Å²) in [4.78, 5) is 15.9. The molecule has 2 heterocycles. The number of aliphatic hydroxyl groups is 1. The Morgan fingerprint density at radius 3 is 3.16 bits per heavy atom. The molecule has 0 spiro atoms. The molecule has 0 bridgehead atoms. The van der Waals surface area contributed by atoms with Crippen LogP contribution in [-0.2, 0) is 9.53 Å². The Morgan fingerprint density at radius 1 is 1.79 bits per heavy atom. The minimum atomic E-state index is -0.542. The molecule has 0 aromatic heterocycles. The van der Waals surface area contributed by atoms with E-state index in [-0.39, 0.29) is 12.5 Å². The number of rotatable bonds is 3. The lowest BCUT2D eigenvalue weighted by Crippen LogP contribution is -2.42. The minimum Gasteiger partial charge on any atom is -0.394 e. The first-order valence-electron chi connectivity index (χ1n) is 5.84. The Labute approximate surface area is 110 Å². The van der Waals surface area contributed by atoms with Crippen molar-refractivity contribution in [2.75, 3.05) is 6.61 Å². The third-order valence-corrected chi connectivity index (χ3v) is 3.15. The number of hydrogen-bond donors (Lipinski definition) is 2. The molecular weight excluding hydrogens is 250 g/mol. The molecule has 2 aliphatic heterocycles. The Kier molecular flexibility index (Phi) is 3.75. The number of aliphatic hydroxyl groups excluding tert-OH is 1. The predicted octanol–water partition coefficient (Wildman–Crippen LogP) is 0.579. The zero-order valence-corrected chi connectivity index (χ0v) is 10.5. The third-order valence-electron chi connectivity index (χ3n) is 3.15. The van der Waals surface area contributed by atoms with Crippen LogP contribution in [0.2, 0.25) is 0 Å². The van der Waals surface area contributed by atoms with E-state index in [9.17, 15) is 9.90 Å². The first kappa shape index (κ1) is 13.4. The summed E-state index contributed by atoms with van der Waals surface area (Å²) in [5, 5.41) is 15.4. The van der Waals surface area contributed by atoms with E-state index in [1.165, 1.54) is 0 Å². The molecule has 2 aliphatic rings. The van der Waals surface area contributed by atoms with Gasteiger partial charge in [-0.15, -0.1) is 0 Å². The number of nitrogens with one attached hydrogen (secondary N) is 1. The Bertz CT molecular complexity index is 483. The van der Waals surface area contributed by atoms with Gasteiger partial charge in [0.2, 0.25) is 0 Å². The van der Waals surface area contributed by atoms with Gasteiger partial charge in [0.15, 0.2) is 0 Å². The van der Waals surface area contributed by atoms with E-state index in [0.29, 0.717) is 17.8 Å². The van der Waals surface area contributed by atoms with Gasteiger partial charge in [0, 0.05) is 23.1 Å². The molecular formula is C11H15N5O3. The second-order valence-corrected chi connectivity index (χ2v) is 4.44. The van der Waals surface area contributed by atoms with Gasteiger partial charge in [-0.05, 0) is 12.5 Å². The van der Waals surface area contributed by atoms with Gasteiger partial charge in [-0.1, -0.05) is 11.7 Å². The molecule has 1 saturated heterocycles. The van der Waals surface area contributed by atoms with Crippen molar-refractivity contribution in [3.8, 4) is 0 Å². The van der Waals surface area contributed by atoms with E-state index < -0.39 is 18.4 Å². The maximum atomic E-state index is 11.4. The summed E-state index contributed by atoms with van der Waals surface area (Å²) in [5.74, 6) is 0.198. The minimum absolute atomic E-state index is 0.204. The summed E-state index contributed by atoms with van der Waals surface area (Å²) in [6.45, 7) is 5.20. The lowest BCUT2D eigenvalue weighted by Gasteiger charge is -2.32. The van der Waals surface area contributed by atoms with Crippen LogP contribution in [0.1, 0.15) is 13.3 Å². The number of hydrogen-bond acceptors (Lipinski definition) is 5. The number of nitrogens with zero attached hydrogens (tertiary/aromatic N) is 4. The standard InChI is InChI=1S/C11H15N5O3/c1-6-4-16(7(2)13-11(6)18)10-3-8(14-15-12)9(5-17)19-10/h4,8-10,17H,2-3,5H2,1H3,(H,13,18)/t8-,9-,10-/m1/s1. The summed E-state index contributed by atoms with van der Waals surface area (Å²) in [6.07, 6.45) is 1.10. The van der Waals surface area contributed by atoms with Crippen LogP contribution in [0.3, 0.4) is 0 Å². The average molecular weight is 265 g/mol. The quantitative estimate of drug-likeness (QED) is 0.441. The molecule has 0 unspecified atom stereocenters. The fraction of sp³-hybridized carbons (Fsp3) is 0.545. The van der Waals surface area contributed by atoms with Crippen LogP contribution < -0.4 is 5.32 Å². The van der Waals surface area contributed by atoms with E-state index in [0.717, 1.165) is 0 Å². The number of ether oxygens (including phenoxy) is 1. The lowest BCUT2D eigenvalue weighted by molar-refractivity contribution is -0.118. The number of carbonyl (C=O) groups excluding carboxylic acids is 1. The molecule has 1 fully saturated rings. The fourth-order valence-corrected chi connectivity index (χ4v) is 2.13. The maximum absolute atomic E-state index is 11.4. The van der Waals surface area contributed by atoms with Crippen LogP contribution in [0.5, 0.6) is 0 Å². The topological polar surface area (TPSA) is 111 Å². The van der Waals surface area contributed by atoms with Gasteiger partial charge in [0.05, 0.1) is 18.8 Å². The van der Waals surface area contributed by atoms with Crippen molar-refractivity contribution in [1.29, 1.82) is 0 Å². The molecule has 0 aliphatic carbocycles. The van der Waals surface area contributed by atoms with Crippen molar-refractivity contribution in [3.63, 3.8) is 0 Å². The number of carbonyl (C=O) groups is 1. The maximum Gasteiger partial charge on any atom is 0.253 e. The molecule has 8 nitrogen and oxygen atoms in total.